The first-order valence-electron chi connectivity index (χ1n) is 13.7. The molecule has 4 nitrogen and oxygen atoms in total. The largest absolute Gasteiger partial charge is 0.343 e. The van der Waals surface area contributed by atoms with Crippen molar-refractivity contribution in [3.8, 4) is 0 Å². The van der Waals surface area contributed by atoms with E-state index < -0.39 is 0 Å². The molecule has 0 aromatic rings. The average Bonchev–Trinajstić information content (AvgIpc) is 2.76. The molecule has 184 valence electrons. The third kappa shape index (κ3) is 17.2. The van der Waals surface area contributed by atoms with Crippen LogP contribution in [-0.4, -0.2) is 47.8 Å². The zero-order valence-corrected chi connectivity index (χ0v) is 21.6. The number of unbranched alkanes of at least 4 members (excludes halogenated alkanes) is 10. The Kier molecular flexibility index (Phi) is 21.4. The van der Waals surface area contributed by atoms with Gasteiger partial charge in [-0.15, -0.1) is 0 Å². The van der Waals surface area contributed by atoms with Gasteiger partial charge in [0.2, 0.25) is 11.8 Å². The van der Waals surface area contributed by atoms with Gasteiger partial charge in [-0.25, -0.2) is 0 Å². The molecule has 0 N–H and O–H groups in total. The van der Waals surface area contributed by atoms with Gasteiger partial charge in [0.05, 0.1) is 0 Å². The van der Waals surface area contributed by atoms with E-state index in [1.165, 1.54) is 57.8 Å². The van der Waals surface area contributed by atoms with Gasteiger partial charge in [-0.2, -0.15) is 0 Å². The summed E-state index contributed by atoms with van der Waals surface area (Å²) in [4.78, 5) is 28.6. The number of hydrogen-bond donors (Lipinski definition) is 0. The van der Waals surface area contributed by atoms with Crippen LogP contribution in [0.4, 0.5) is 0 Å². The quantitative estimate of drug-likeness (QED) is 0.166. The van der Waals surface area contributed by atoms with Crippen LogP contribution in [0.15, 0.2) is 0 Å². The molecule has 0 aromatic carbocycles. The molecule has 0 aromatic heterocycles. The van der Waals surface area contributed by atoms with Crippen LogP contribution in [-0.2, 0) is 9.59 Å². The summed E-state index contributed by atoms with van der Waals surface area (Å²) in [6, 6.07) is 0. The SMILES string of the molecule is CCCN(CCC)C(=O)CCCCCCCCCCCCCC(=O)N(CCC)CCC. The molecule has 0 unspecified atom stereocenters. The zero-order valence-electron chi connectivity index (χ0n) is 21.6. The number of hydrogen-bond acceptors (Lipinski definition) is 2. The molecular weight excluding hydrogens is 384 g/mol. The Balaban J connectivity index is 3.50. The Hall–Kier alpha value is -1.06. The minimum absolute atomic E-state index is 0.355. The number of amides is 2. The van der Waals surface area contributed by atoms with E-state index in [1.807, 2.05) is 9.80 Å². The van der Waals surface area contributed by atoms with E-state index in [-0.39, 0.29) is 0 Å². The minimum atomic E-state index is 0.355. The summed E-state index contributed by atoms with van der Waals surface area (Å²) < 4.78 is 0. The average molecular weight is 439 g/mol. The second-order valence-electron chi connectivity index (χ2n) is 9.15. The molecular formula is C27H54N2O2. The van der Waals surface area contributed by atoms with Crippen LogP contribution in [0, 0.1) is 0 Å². The topological polar surface area (TPSA) is 40.6 Å². The van der Waals surface area contributed by atoms with Crippen molar-refractivity contribution < 1.29 is 9.59 Å². The Morgan fingerprint density at radius 2 is 0.645 bits per heavy atom. The van der Waals surface area contributed by atoms with Crippen molar-refractivity contribution >= 4 is 11.8 Å². The minimum Gasteiger partial charge on any atom is -0.343 e. The van der Waals surface area contributed by atoms with Gasteiger partial charge in [0.25, 0.3) is 0 Å². The van der Waals surface area contributed by atoms with Gasteiger partial charge >= 0.3 is 0 Å². The van der Waals surface area contributed by atoms with E-state index in [0.29, 0.717) is 11.8 Å². The van der Waals surface area contributed by atoms with Crippen molar-refractivity contribution in [1.82, 2.24) is 9.80 Å². The van der Waals surface area contributed by atoms with Crippen LogP contribution in [0.3, 0.4) is 0 Å². The highest BCUT2D eigenvalue weighted by molar-refractivity contribution is 5.76. The molecule has 0 rings (SSSR count). The normalized spacial score (nSPS) is 11.0. The molecule has 31 heavy (non-hydrogen) atoms. The monoisotopic (exact) mass is 438 g/mol. The lowest BCUT2D eigenvalue weighted by atomic mass is 10.0. The third-order valence-corrected chi connectivity index (χ3v) is 5.96. The van der Waals surface area contributed by atoms with E-state index in [2.05, 4.69) is 27.7 Å². The molecule has 0 bridgehead atoms. The van der Waals surface area contributed by atoms with Crippen molar-refractivity contribution in [2.24, 2.45) is 0 Å². The maximum Gasteiger partial charge on any atom is 0.222 e. The van der Waals surface area contributed by atoms with E-state index in [1.54, 1.807) is 0 Å². The van der Waals surface area contributed by atoms with Gasteiger partial charge in [0, 0.05) is 39.0 Å². The summed E-state index contributed by atoms with van der Waals surface area (Å²) >= 11 is 0. The van der Waals surface area contributed by atoms with E-state index in [0.717, 1.165) is 77.5 Å². The first kappa shape index (κ1) is 29.9. The van der Waals surface area contributed by atoms with Crippen molar-refractivity contribution in [1.29, 1.82) is 0 Å². The first-order valence-corrected chi connectivity index (χ1v) is 13.7. The smallest absolute Gasteiger partial charge is 0.222 e. The maximum absolute atomic E-state index is 12.2. The fourth-order valence-electron chi connectivity index (χ4n) is 4.26. The summed E-state index contributed by atoms with van der Waals surface area (Å²) in [7, 11) is 0. The number of carbonyl (C=O) groups is 2. The molecule has 4 heteroatoms. The molecule has 0 saturated carbocycles. The van der Waals surface area contributed by atoms with Crippen LogP contribution in [0.5, 0.6) is 0 Å². The molecule has 0 atom stereocenters. The number of carbonyl (C=O) groups excluding carboxylic acids is 2. The molecule has 0 aliphatic heterocycles. The predicted molar refractivity (Wildman–Crippen MR) is 134 cm³/mol. The van der Waals surface area contributed by atoms with Crippen LogP contribution in [0.2, 0.25) is 0 Å². The lowest BCUT2D eigenvalue weighted by molar-refractivity contribution is -0.132. The van der Waals surface area contributed by atoms with Gasteiger partial charge in [-0.1, -0.05) is 85.5 Å². The molecule has 0 aliphatic rings. The Morgan fingerprint density at radius 1 is 0.419 bits per heavy atom. The lowest BCUT2D eigenvalue weighted by Gasteiger charge is -2.21. The third-order valence-electron chi connectivity index (χ3n) is 5.96. The zero-order chi connectivity index (χ0) is 23.2. The van der Waals surface area contributed by atoms with Crippen molar-refractivity contribution in [2.45, 2.75) is 137 Å². The highest BCUT2D eigenvalue weighted by atomic mass is 16.2. The molecule has 0 heterocycles. The second-order valence-corrected chi connectivity index (χ2v) is 9.15. The summed E-state index contributed by atoms with van der Waals surface area (Å²) in [5.41, 5.74) is 0. The number of rotatable bonds is 22. The standard InChI is InChI=1S/C27H54N2O2/c1-5-22-28(23-6-2)26(30)20-18-16-14-12-10-9-11-13-15-17-19-21-27(31)29(24-7-3)25-8-4/h5-25H2,1-4H3. The van der Waals surface area contributed by atoms with Crippen molar-refractivity contribution in [3.63, 3.8) is 0 Å². The maximum atomic E-state index is 12.2. The summed E-state index contributed by atoms with van der Waals surface area (Å²) in [5, 5.41) is 0. The van der Waals surface area contributed by atoms with Crippen molar-refractivity contribution in [2.75, 3.05) is 26.2 Å². The number of nitrogens with zero attached hydrogens (tertiary/aromatic N) is 2. The lowest BCUT2D eigenvalue weighted by Crippen LogP contribution is -2.32. The predicted octanol–water partition coefficient (Wildman–Crippen LogP) is 7.35. The van der Waals surface area contributed by atoms with Crippen LogP contribution < -0.4 is 0 Å². The highest BCUT2D eigenvalue weighted by Gasteiger charge is 2.11. The first-order chi connectivity index (χ1) is 15.1. The molecule has 0 aliphatic carbocycles. The molecule has 0 spiro atoms. The van der Waals surface area contributed by atoms with Crippen LogP contribution in [0.25, 0.3) is 0 Å². The van der Waals surface area contributed by atoms with Crippen molar-refractivity contribution in [3.05, 3.63) is 0 Å². The molecule has 0 saturated heterocycles. The van der Waals surface area contributed by atoms with Gasteiger partial charge < -0.3 is 9.80 Å². The summed E-state index contributed by atoms with van der Waals surface area (Å²) in [6.07, 6.45) is 19.3. The van der Waals surface area contributed by atoms with E-state index >= 15 is 0 Å². The van der Waals surface area contributed by atoms with E-state index in [4.69, 9.17) is 0 Å². The Morgan fingerprint density at radius 3 is 0.871 bits per heavy atom. The Labute approximate surface area is 194 Å². The van der Waals surface area contributed by atoms with Gasteiger partial charge in [0.15, 0.2) is 0 Å². The highest BCUT2D eigenvalue weighted by Crippen LogP contribution is 2.14. The van der Waals surface area contributed by atoms with Gasteiger partial charge in [0.1, 0.15) is 0 Å². The molecule has 0 fully saturated rings. The Bertz CT molecular complexity index is 375. The molecule has 0 radical (unpaired) electrons. The van der Waals surface area contributed by atoms with E-state index in [9.17, 15) is 9.59 Å². The fourth-order valence-corrected chi connectivity index (χ4v) is 4.26. The fraction of sp³-hybridized carbons (Fsp3) is 0.926. The molecule has 2 amide bonds. The summed E-state index contributed by atoms with van der Waals surface area (Å²) in [6.45, 7) is 12.2. The summed E-state index contributed by atoms with van der Waals surface area (Å²) in [5.74, 6) is 0.711. The van der Waals surface area contributed by atoms with Gasteiger partial charge in [-0.3, -0.25) is 9.59 Å². The van der Waals surface area contributed by atoms with Crippen LogP contribution in [0.1, 0.15) is 137 Å². The second kappa shape index (κ2) is 22.1. The van der Waals surface area contributed by atoms with Gasteiger partial charge in [-0.05, 0) is 38.5 Å². The van der Waals surface area contributed by atoms with Crippen LogP contribution >= 0.6 is 0 Å².